The lowest BCUT2D eigenvalue weighted by Crippen LogP contribution is -2.28. The number of hydrogen-bond donors (Lipinski definition) is 0. The second-order valence-electron chi connectivity index (χ2n) is 6.09. The lowest BCUT2D eigenvalue weighted by Gasteiger charge is -2.28. The van der Waals surface area contributed by atoms with Gasteiger partial charge in [-0.3, -0.25) is 0 Å². The van der Waals surface area contributed by atoms with Gasteiger partial charge in [0.1, 0.15) is 5.75 Å². The van der Waals surface area contributed by atoms with Crippen LogP contribution < -0.4 is 4.74 Å². The van der Waals surface area contributed by atoms with Crippen molar-refractivity contribution in [1.29, 1.82) is 0 Å². The van der Waals surface area contributed by atoms with E-state index in [4.69, 9.17) is 9.57 Å². The molecule has 0 saturated heterocycles. The van der Waals surface area contributed by atoms with Gasteiger partial charge in [0.2, 0.25) is 0 Å². The average Bonchev–Trinajstić information content (AvgIpc) is 3.16. The van der Waals surface area contributed by atoms with Crippen LogP contribution in [-0.4, -0.2) is 12.8 Å². The van der Waals surface area contributed by atoms with Gasteiger partial charge in [0.15, 0.2) is 5.60 Å². The Bertz CT molecular complexity index is 873. The summed E-state index contributed by atoms with van der Waals surface area (Å²) in [7, 11) is 1.67. The number of oxime groups is 1. The zero-order chi connectivity index (χ0) is 17.1. The quantitative estimate of drug-likeness (QED) is 0.691. The van der Waals surface area contributed by atoms with Crippen LogP contribution in [0.3, 0.4) is 0 Å². The van der Waals surface area contributed by atoms with Gasteiger partial charge in [-0.25, -0.2) is 0 Å². The van der Waals surface area contributed by atoms with Crippen molar-refractivity contribution in [3.8, 4) is 5.75 Å². The highest BCUT2D eigenvalue weighted by atomic mass is 16.7. The van der Waals surface area contributed by atoms with Gasteiger partial charge in [0.25, 0.3) is 0 Å². The molecular weight excluding hydrogens is 310 g/mol. The predicted molar refractivity (Wildman–Crippen MR) is 98.9 cm³/mol. The van der Waals surface area contributed by atoms with Gasteiger partial charge in [0.05, 0.1) is 12.8 Å². The molecule has 1 unspecified atom stereocenters. The first-order valence-electron chi connectivity index (χ1n) is 8.32. The summed E-state index contributed by atoms with van der Waals surface area (Å²) in [6, 6.07) is 28.5. The molecule has 3 aromatic rings. The number of benzene rings is 3. The molecule has 124 valence electrons. The van der Waals surface area contributed by atoms with Crippen LogP contribution in [0.2, 0.25) is 0 Å². The fraction of sp³-hybridized carbons (Fsp3) is 0.136. The second kappa shape index (κ2) is 6.44. The summed E-state index contributed by atoms with van der Waals surface area (Å²) in [6.45, 7) is 0. The standard InChI is InChI=1S/C22H19NO2/c1-24-20-14-12-19(13-15-20)22(18-10-6-3-7-11-18)16-21(23-25-22)17-8-4-2-5-9-17/h2-15H,16H2,1H3. The van der Waals surface area contributed by atoms with Gasteiger partial charge in [-0.05, 0) is 17.7 Å². The first-order valence-corrected chi connectivity index (χ1v) is 8.32. The maximum absolute atomic E-state index is 6.10. The van der Waals surface area contributed by atoms with Crippen LogP contribution in [0.15, 0.2) is 90.1 Å². The Morgan fingerprint density at radius 1 is 0.800 bits per heavy atom. The Morgan fingerprint density at radius 2 is 1.40 bits per heavy atom. The predicted octanol–water partition coefficient (Wildman–Crippen LogP) is 4.76. The minimum Gasteiger partial charge on any atom is -0.497 e. The van der Waals surface area contributed by atoms with E-state index in [1.54, 1.807) is 7.11 Å². The molecule has 0 bridgehead atoms. The van der Waals surface area contributed by atoms with Gasteiger partial charge in [-0.1, -0.05) is 78.0 Å². The van der Waals surface area contributed by atoms with Crippen molar-refractivity contribution in [3.05, 3.63) is 102 Å². The molecule has 25 heavy (non-hydrogen) atoms. The van der Waals surface area contributed by atoms with E-state index in [0.717, 1.165) is 28.2 Å². The third-order valence-electron chi connectivity index (χ3n) is 4.63. The number of nitrogens with zero attached hydrogens (tertiary/aromatic N) is 1. The monoisotopic (exact) mass is 329 g/mol. The highest BCUT2D eigenvalue weighted by Crippen LogP contribution is 2.42. The SMILES string of the molecule is COc1ccc(C2(c3ccccc3)CC(c3ccccc3)=NO2)cc1. The lowest BCUT2D eigenvalue weighted by atomic mass is 9.81. The van der Waals surface area contributed by atoms with E-state index in [2.05, 4.69) is 41.6 Å². The maximum atomic E-state index is 6.10. The van der Waals surface area contributed by atoms with Crippen molar-refractivity contribution < 1.29 is 9.57 Å². The molecule has 3 aromatic carbocycles. The second-order valence-corrected chi connectivity index (χ2v) is 6.09. The number of ether oxygens (including phenoxy) is 1. The summed E-state index contributed by atoms with van der Waals surface area (Å²) in [5.74, 6) is 0.828. The van der Waals surface area contributed by atoms with E-state index in [9.17, 15) is 0 Å². The van der Waals surface area contributed by atoms with Gasteiger partial charge in [0, 0.05) is 17.5 Å². The van der Waals surface area contributed by atoms with Crippen molar-refractivity contribution in [2.75, 3.05) is 7.11 Å². The molecule has 0 fully saturated rings. The molecule has 0 amide bonds. The third kappa shape index (κ3) is 2.78. The number of methoxy groups -OCH3 is 1. The highest BCUT2D eigenvalue weighted by Gasteiger charge is 2.43. The summed E-state index contributed by atoms with van der Waals surface area (Å²) in [4.78, 5) is 6.10. The smallest absolute Gasteiger partial charge is 0.193 e. The Balaban J connectivity index is 1.77. The Morgan fingerprint density at radius 3 is 2.04 bits per heavy atom. The van der Waals surface area contributed by atoms with E-state index in [0.29, 0.717) is 6.42 Å². The normalized spacial score (nSPS) is 19.2. The molecule has 4 rings (SSSR count). The molecule has 3 heteroatoms. The van der Waals surface area contributed by atoms with Gasteiger partial charge < -0.3 is 9.57 Å². The molecule has 0 saturated carbocycles. The van der Waals surface area contributed by atoms with Crippen LogP contribution in [-0.2, 0) is 10.4 Å². The lowest BCUT2D eigenvalue weighted by molar-refractivity contribution is 0.0112. The number of hydrogen-bond acceptors (Lipinski definition) is 3. The summed E-state index contributed by atoms with van der Waals surface area (Å²) in [5, 5.41) is 4.44. The Labute approximate surface area is 147 Å². The van der Waals surface area contributed by atoms with Crippen molar-refractivity contribution in [3.63, 3.8) is 0 Å². The van der Waals surface area contributed by atoms with Gasteiger partial charge >= 0.3 is 0 Å². The van der Waals surface area contributed by atoms with E-state index in [1.165, 1.54) is 0 Å². The Kier molecular flexibility index (Phi) is 3.98. The Hall–Kier alpha value is -3.07. The summed E-state index contributed by atoms with van der Waals surface area (Å²) in [6.07, 6.45) is 0.688. The summed E-state index contributed by atoms with van der Waals surface area (Å²) < 4.78 is 5.29. The molecular formula is C22H19NO2. The summed E-state index contributed by atoms with van der Waals surface area (Å²) in [5.41, 5.74) is 3.59. The summed E-state index contributed by atoms with van der Waals surface area (Å²) >= 11 is 0. The fourth-order valence-corrected chi connectivity index (χ4v) is 3.26. The third-order valence-corrected chi connectivity index (χ3v) is 4.63. The van der Waals surface area contributed by atoms with Crippen LogP contribution in [0.5, 0.6) is 5.75 Å². The van der Waals surface area contributed by atoms with Crippen molar-refractivity contribution in [2.45, 2.75) is 12.0 Å². The van der Waals surface area contributed by atoms with Crippen LogP contribution in [0, 0.1) is 0 Å². The number of rotatable bonds is 4. The first kappa shape index (κ1) is 15.5. The van der Waals surface area contributed by atoms with E-state index in [-0.39, 0.29) is 0 Å². The van der Waals surface area contributed by atoms with Crippen molar-refractivity contribution in [2.24, 2.45) is 5.16 Å². The average molecular weight is 329 g/mol. The molecule has 0 aromatic heterocycles. The van der Waals surface area contributed by atoms with Crippen molar-refractivity contribution in [1.82, 2.24) is 0 Å². The topological polar surface area (TPSA) is 30.8 Å². The largest absolute Gasteiger partial charge is 0.497 e. The van der Waals surface area contributed by atoms with E-state index < -0.39 is 5.60 Å². The molecule has 1 aliphatic heterocycles. The minimum absolute atomic E-state index is 0.612. The molecule has 1 atom stereocenters. The molecule has 1 heterocycles. The van der Waals surface area contributed by atoms with Crippen LogP contribution >= 0.6 is 0 Å². The first-order chi connectivity index (χ1) is 12.3. The van der Waals surface area contributed by atoms with Gasteiger partial charge in [-0.2, -0.15) is 0 Å². The zero-order valence-corrected chi connectivity index (χ0v) is 14.1. The molecule has 0 spiro atoms. The van der Waals surface area contributed by atoms with Crippen LogP contribution in [0.1, 0.15) is 23.1 Å². The highest BCUT2D eigenvalue weighted by molar-refractivity contribution is 6.02. The van der Waals surface area contributed by atoms with E-state index in [1.807, 2.05) is 48.5 Å². The van der Waals surface area contributed by atoms with E-state index >= 15 is 0 Å². The van der Waals surface area contributed by atoms with Crippen molar-refractivity contribution >= 4 is 5.71 Å². The molecule has 3 nitrogen and oxygen atoms in total. The molecule has 0 N–H and O–H groups in total. The minimum atomic E-state index is -0.612. The fourth-order valence-electron chi connectivity index (χ4n) is 3.26. The maximum Gasteiger partial charge on any atom is 0.193 e. The molecule has 1 aliphatic rings. The zero-order valence-electron chi connectivity index (χ0n) is 14.1. The molecule has 0 aliphatic carbocycles. The van der Waals surface area contributed by atoms with Crippen LogP contribution in [0.25, 0.3) is 0 Å². The molecule has 0 radical (unpaired) electrons. The van der Waals surface area contributed by atoms with Crippen LogP contribution in [0.4, 0.5) is 0 Å². The van der Waals surface area contributed by atoms with Gasteiger partial charge in [-0.15, -0.1) is 0 Å².